The third kappa shape index (κ3) is 2.12. The number of hydrogen-bond donors (Lipinski definition) is 0. The molecule has 1 rings (SSSR count). The zero-order valence-corrected chi connectivity index (χ0v) is 8.38. The monoisotopic (exact) mass is 186 g/mol. The minimum atomic E-state index is -0.349. The van der Waals surface area contributed by atoms with E-state index in [1.54, 1.807) is 0 Å². The largest absolute Gasteiger partial charge is 0.298 e. The van der Waals surface area contributed by atoms with Crippen LogP contribution >= 0.6 is 11.6 Å². The third-order valence-corrected chi connectivity index (χ3v) is 3.04. The summed E-state index contributed by atoms with van der Waals surface area (Å²) >= 11 is 5.76. The average Bonchev–Trinajstić information content (AvgIpc) is 2.36. The highest BCUT2D eigenvalue weighted by molar-refractivity contribution is 6.22. The van der Waals surface area contributed by atoms with Crippen LogP contribution in [0.2, 0.25) is 0 Å². The molecule has 3 atom stereocenters. The van der Waals surface area contributed by atoms with Gasteiger partial charge in [-0.2, -0.15) is 5.26 Å². The van der Waals surface area contributed by atoms with Gasteiger partial charge in [-0.05, 0) is 25.8 Å². The number of alkyl halides is 1. The molecule has 1 aliphatic heterocycles. The van der Waals surface area contributed by atoms with Crippen LogP contribution in [0.4, 0.5) is 0 Å². The Morgan fingerprint density at radius 2 is 2.33 bits per heavy atom. The van der Waals surface area contributed by atoms with E-state index >= 15 is 0 Å². The van der Waals surface area contributed by atoms with Gasteiger partial charge in [-0.3, -0.25) is 4.90 Å². The summed E-state index contributed by atoms with van der Waals surface area (Å²) in [6, 6.07) is 2.63. The molecule has 0 aromatic carbocycles. The van der Waals surface area contributed by atoms with E-state index in [-0.39, 0.29) is 5.38 Å². The highest BCUT2D eigenvalue weighted by atomic mass is 35.5. The van der Waals surface area contributed by atoms with Gasteiger partial charge in [0.15, 0.2) is 0 Å². The van der Waals surface area contributed by atoms with Crippen LogP contribution in [-0.4, -0.2) is 29.4 Å². The summed E-state index contributed by atoms with van der Waals surface area (Å²) in [7, 11) is 0. The predicted octanol–water partition coefficient (Wildman–Crippen LogP) is 1.85. The van der Waals surface area contributed by atoms with Crippen LogP contribution in [0.5, 0.6) is 0 Å². The van der Waals surface area contributed by atoms with Crippen molar-refractivity contribution in [3.63, 3.8) is 0 Å². The van der Waals surface area contributed by atoms with Crippen molar-refractivity contribution < 1.29 is 0 Å². The Bertz CT molecular complexity index is 187. The van der Waals surface area contributed by atoms with Gasteiger partial charge >= 0.3 is 0 Å². The van der Waals surface area contributed by atoms with E-state index in [1.165, 1.54) is 6.42 Å². The molecule has 0 aromatic rings. The Morgan fingerprint density at radius 3 is 2.75 bits per heavy atom. The van der Waals surface area contributed by atoms with Crippen LogP contribution < -0.4 is 0 Å². The Kier molecular flexibility index (Phi) is 3.37. The van der Waals surface area contributed by atoms with Crippen molar-refractivity contribution >= 4 is 11.6 Å². The van der Waals surface area contributed by atoms with E-state index in [4.69, 9.17) is 16.9 Å². The molecule has 1 saturated heterocycles. The third-order valence-electron chi connectivity index (χ3n) is 2.81. The molecule has 12 heavy (non-hydrogen) atoms. The van der Waals surface area contributed by atoms with Crippen LogP contribution in [0.3, 0.4) is 0 Å². The Hall–Kier alpha value is -0.260. The first kappa shape index (κ1) is 9.83. The molecule has 2 nitrogen and oxygen atoms in total. The molecule has 0 radical (unpaired) electrons. The van der Waals surface area contributed by atoms with Crippen molar-refractivity contribution in [2.45, 2.75) is 31.7 Å². The minimum absolute atomic E-state index is 0.349. The molecule has 0 spiro atoms. The maximum Gasteiger partial charge on any atom is 0.133 e. The van der Waals surface area contributed by atoms with E-state index in [9.17, 15) is 0 Å². The first-order valence-corrected chi connectivity index (χ1v) is 4.86. The van der Waals surface area contributed by atoms with Gasteiger partial charge in [0.05, 0.1) is 6.07 Å². The molecule has 0 aliphatic carbocycles. The standard InChI is InChI=1S/C9H15ClN2/c1-7-3-4-12(8(7)2)6-9(10)5-11/h7-9H,3-4,6H2,1-2H3. The number of halogens is 1. The fourth-order valence-corrected chi connectivity index (χ4v) is 1.86. The molecule has 1 heterocycles. The number of hydrogen-bond acceptors (Lipinski definition) is 2. The summed E-state index contributed by atoms with van der Waals surface area (Å²) in [6.07, 6.45) is 1.23. The lowest BCUT2D eigenvalue weighted by Crippen LogP contribution is -2.33. The fourth-order valence-electron chi connectivity index (χ4n) is 1.68. The minimum Gasteiger partial charge on any atom is -0.298 e. The summed E-state index contributed by atoms with van der Waals surface area (Å²) in [5.41, 5.74) is 0. The predicted molar refractivity (Wildman–Crippen MR) is 50.1 cm³/mol. The van der Waals surface area contributed by atoms with E-state index in [2.05, 4.69) is 24.8 Å². The lowest BCUT2D eigenvalue weighted by molar-refractivity contribution is 0.254. The Morgan fingerprint density at radius 1 is 1.67 bits per heavy atom. The van der Waals surface area contributed by atoms with Gasteiger partial charge in [-0.1, -0.05) is 6.92 Å². The molecule has 0 N–H and O–H groups in total. The van der Waals surface area contributed by atoms with Crippen molar-refractivity contribution in [1.82, 2.24) is 4.90 Å². The normalized spacial score (nSPS) is 33.2. The van der Waals surface area contributed by atoms with Gasteiger partial charge in [-0.15, -0.1) is 11.6 Å². The molecular formula is C9H15ClN2. The molecule has 0 saturated carbocycles. The van der Waals surface area contributed by atoms with Crippen molar-refractivity contribution in [3.8, 4) is 6.07 Å². The highest BCUT2D eigenvalue weighted by Gasteiger charge is 2.28. The van der Waals surface area contributed by atoms with E-state index in [0.717, 1.165) is 12.5 Å². The van der Waals surface area contributed by atoms with Gasteiger partial charge in [-0.25, -0.2) is 0 Å². The SMILES string of the molecule is CC1CCN(CC(Cl)C#N)C1C. The lowest BCUT2D eigenvalue weighted by Gasteiger charge is -2.23. The molecular weight excluding hydrogens is 172 g/mol. The van der Waals surface area contributed by atoms with Crippen LogP contribution in [0.1, 0.15) is 20.3 Å². The molecule has 0 amide bonds. The summed E-state index contributed by atoms with van der Waals surface area (Å²) in [5.74, 6) is 0.743. The van der Waals surface area contributed by atoms with E-state index in [0.29, 0.717) is 12.6 Å². The van der Waals surface area contributed by atoms with Crippen molar-refractivity contribution in [1.29, 1.82) is 5.26 Å². The number of nitrogens with zero attached hydrogens (tertiary/aromatic N) is 2. The molecule has 1 fully saturated rings. The molecule has 1 aliphatic rings. The second-order valence-electron chi connectivity index (χ2n) is 3.60. The van der Waals surface area contributed by atoms with Crippen molar-refractivity contribution in [2.24, 2.45) is 5.92 Å². The van der Waals surface area contributed by atoms with Gasteiger partial charge in [0.1, 0.15) is 5.38 Å². The molecule has 3 heteroatoms. The first-order chi connectivity index (χ1) is 5.65. The van der Waals surface area contributed by atoms with Gasteiger partial charge < -0.3 is 0 Å². The van der Waals surface area contributed by atoms with Crippen LogP contribution in [0.15, 0.2) is 0 Å². The first-order valence-electron chi connectivity index (χ1n) is 4.43. The quantitative estimate of drug-likeness (QED) is 0.616. The van der Waals surface area contributed by atoms with Gasteiger partial charge in [0.2, 0.25) is 0 Å². The van der Waals surface area contributed by atoms with Gasteiger partial charge in [0.25, 0.3) is 0 Å². The maximum atomic E-state index is 8.54. The smallest absolute Gasteiger partial charge is 0.133 e. The van der Waals surface area contributed by atoms with Crippen LogP contribution in [0.25, 0.3) is 0 Å². The lowest BCUT2D eigenvalue weighted by atomic mass is 10.1. The van der Waals surface area contributed by atoms with Crippen molar-refractivity contribution in [2.75, 3.05) is 13.1 Å². The summed E-state index contributed by atoms with van der Waals surface area (Å²) in [4.78, 5) is 2.30. The number of rotatable bonds is 2. The zero-order valence-electron chi connectivity index (χ0n) is 7.63. The van der Waals surface area contributed by atoms with Gasteiger partial charge in [0, 0.05) is 12.6 Å². The summed E-state index contributed by atoms with van der Waals surface area (Å²) in [5, 5.41) is 8.19. The van der Waals surface area contributed by atoms with E-state index < -0.39 is 0 Å². The Labute approximate surface area is 79.1 Å². The Balaban J connectivity index is 2.40. The molecule has 0 aromatic heterocycles. The van der Waals surface area contributed by atoms with Crippen molar-refractivity contribution in [3.05, 3.63) is 0 Å². The molecule has 68 valence electrons. The number of nitriles is 1. The van der Waals surface area contributed by atoms with Crippen LogP contribution in [0, 0.1) is 17.2 Å². The maximum absolute atomic E-state index is 8.54. The molecule has 0 bridgehead atoms. The van der Waals surface area contributed by atoms with E-state index in [1.807, 2.05) is 0 Å². The second kappa shape index (κ2) is 4.11. The highest BCUT2D eigenvalue weighted by Crippen LogP contribution is 2.23. The summed E-state index contributed by atoms with van der Waals surface area (Å²) < 4.78 is 0. The average molecular weight is 187 g/mol. The zero-order chi connectivity index (χ0) is 9.14. The molecule has 3 unspecified atom stereocenters. The number of likely N-dealkylation sites (tertiary alicyclic amines) is 1. The second-order valence-corrected chi connectivity index (χ2v) is 4.12. The van der Waals surface area contributed by atoms with Crippen LogP contribution in [-0.2, 0) is 0 Å². The topological polar surface area (TPSA) is 27.0 Å². The fraction of sp³-hybridized carbons (Fsp3) is 0.889. The summed E-state index contributed by atoms with van der Waals surface area (Å²) in [6.45, 7) is 6.26.